The van der Waals surface area contributed by atoms with E-state index in [1.807, 2.05) is 11.3 Å². The van der Waals surface area contributed by atoms with Crippen molar-refractivity contribution in [2.75, 3.05) is 0 Å². The zero-order valence-corrected chi connectivity index (χ0v) is 24.6. The van der Waals surface area contributed by atoms with Gasteiger partial charge in [0.1, 0.15) is 0 Å². The fraction of sp³-hybridized carbons (Fsp3) is 0. The Kier molecular flexibility index (Phi) is 4.94. The molecule has 2 heteroatoms. The number of aromatic nitrogens is 1. The molecule has 0 atom stereocenters. The topological polar surface area (TPSA) is 4.93 Å². The van der Waals surface area contributed by atoms with E-state index < -0.39 is 0 Å². The van der Waals surface area contributed by atoms with Gasteiger partial charge in [-0.2, -0.15) is 0 Å². The van der Waals surface area contributed by atoms with E-state index in [0.717, 1.165) is 0 Å². The Morgan fingerprint density at radius 3 is 1.89 bits per heavy atom. The van der Waals surface area contributed by atoms with Crippen molar-refractivity contribution in [2.24, 2.45) is 0 Å². The molecule has 44 heavy (non-hydrogen) atoms. The van der Waals surface area contributed by atoms with Crippen LogP contribution >= 0.6 is 11.3 Å². The predicted octanol–water partition coefficient (Wildman–Crippen LogP) is 12.2. The molecule has 1 nitrogen and oxygen atoms in total. The average Bonchev–Trinajstić information content (AvgIpc) is 3.64. The van der Waals surface area contributed by atoms with Gasteiger partial charge >= 0.3 is 0 Å². The van der Waals surface area contributed by atoms with Crippen LogP contribution < -0.4 is 0 Å². The highest BCUT2D eigenvalue weighted by molar-refractivity contribution is 7.26. The molecule has 10 aromatic rings. The fourth-order valence-corrected chi connectivity index (χ4v) is 8.68. The lowest BCUT2D eigenvalue weighted by molar-refractivity contribution is 1.18. The van der Waals surface area contributed by atoms with Crippen molar-refractivity contribution in [3.8, 4) is 27.9 Å². The molecule has 0 saturated carbocycles. The second kappa shape index (κ2) is 9.03. The quantitative estimate of drug-likeness (QED) is 0.185. The Hall–Kier alpha value is -5.44. The molecule has 0 spiro atoms. The van der Waals surface area contributed by atoms with Gasteiger partial charge in [-0.15, -0.1) is 11.3 Å². The van der Waals surface area contributed by atoms with Crippen molar-refractivity contribution in [2.45, 2.75) is 0 Å². The summed E-state index contributed by atoms with van der Waals surface area (Å²) in [7, 11) is 0. The van der Waals surface area contributed by atoms with Crippen LogP contribution in [-0.2, 0) is 0 Å². The van der Waals surface area contributed by atoms with E-state index in [1.54, 1.807) is 0 Å². The van der Waals surface area contributed by atoms with Gasteiger partial charge in [-0.3, -0.25) is 0 Å². The zero-order chi connectivity index (χ0) is 28.8. The maximum absolute atomic E-state index is 2.45. The summed E-state index contributed by atoms with van der Waals surface area (Å²) in [5, 5.41) is 10.7. The van der Waals surface area contributed by atoms with Gasteiger partial charge in [0.05, 0.1) is 11.0 Å². The van der Waals surface area contributed by atoms with Crippen LogP contribution in [0.3, 0.4) is 0 Å². The normalized spacial score (nSPS) is 12.1. The van der Waals surface area contributed by atoms with Crippen LogP contribution in [0, 0.1) is 0 Å². The van der Waals surface area contributed by atoms with Crippen molar-refractivity contribution >= 4 is 74.9 Å². The molecule has 0 unspecified atom stereocenters. The summed E-state index contributed by atoms with van der Waals surface area (Å²) >= 11 is 1.93. The van der Waals surface area contributed by atoms with Crippen LogP contribution in [0.4, 0.5) is 0 Å². The monoisotopic (exact) mass is 575 g/mol. The van der Waals surface area contributed by atoms with Crippen molar-refractivity contribution in [1.29, 1.82) is 0 Å². The molecule has 2 heterocycles. The maximum atomic E-state index is 2.45. The highest BCUT2D eigenvalue weighted by Gasteiger charge is 2.21. The zero-order valence-electron chi connectivity index (χ0n) is 23.8. The predicted molar refractivity (Wildman–Crippen MR) is 191 cm³/mol. The van der Waals surface area contributed by atoms with Crippen LogP contribution in [0.2, 0.25) is 0 Å². The molecule has 2 aromatic heterocycles. The number of thiophene rings is 1. The number of hydrogen-bond acceptors (Lipinski definition) is 1. The molecule has 10 rings (SSSR count). The third-order valence-corrected chi connectivity index (χ3v) is 10.5. The number of benzene rings is 8. The Morgan fingerprint density at radius 2 is 1.05 bits per heavy atom. The lowest BCUT2D eigenvalue weighted by Gasteiger charge is -2.13. The van der Waals surface area contributed by atoms with Crippen molar-refractivity contribution in [1.82, 2.24) is 4.57 Å². The molecule has 0 N–H and O–H groups in total. The SMILES string of the molecule is c1ccc(-c2ccc(-c3ccc4c5cc6c(cc5c5cccc7sc3c4c75)c3ccccc3n6-c3ccccc3)cc2)cc1. The molecule has 0 aliphatic heterocycles. The first kappa shape index (κ1) is 24.0. The molecular formula is C42H25NS. The molecule has 0 bridgehead atoms. The number of fused-ring (bicyclic) bond motifs is 6. The van der Waals surface area contributed by atoms with Crippen LogP contribution in [0.25, 0.3) is 91.5 Å². The molecule has 204 valence electrons. The van der Waals surface area contributed by atoms with Gasteiger partial charge < -0.3 is 4.57 Å². The fourth-order valence-electron chi connectivity index (χ4n) is 7.39. The minimum Gasteiger partial charge on any atom is -0.309 e. The van der Waals surface area contributed by atoms with Gasteiger partial charge in [-0.25, -0.2) is 0 Å². The molecular weight excluding hydrogens is 551 g/mol. The first-order valence-electron chi connectivity index (χ1n) is 15.1. The van der Waals surface area contributed by atoms with Crippen LogP contribution in [0.15, 0.2) is 152 Å². The smallest absolute Gasteiger partial charge is 0.0547 e. The Bertz CT molecular complexity index is 2680. The summed E-state index contributed by atoms with van der Waals surface area (Å²) in [6, 6.07) is 55.7. The standard InChI is InChI=1S/C42H25NS/c1-3-10-26(11-4-1)27-18-20-28(21-19-27)30-22-23-33-35-25-38-36(24-34(35)32-15-9-17-39-40(32)41(33)42(30)44-39)31-14-7-8-16-37(31)43(38)29-12-5-2-6-13-29/h1-25H. The molecule has 0 radical (unpaired) electrons. The second-order valence-corrected chi connectivity index (χ2v) is 12.7. The summed E-state index contributed by atoms with van der Waals surface area (Å²) in [5.41, 5.74) is 8.73. The third kappa shape index (κ3) is 3.29. The molecule has 0 fully saturated rings. The molecule has 0 aliphatic carbocycles. The molecule has 0 amide bonds. The summed E-state index contributed by atoms with van der Waals surface area (Å²) in [5.74, 6) is 0. The number of hydrogen-bond donors (Lipinski definition) is 0. The van der Waals surface area contributed by atoms with Gasteiger partial charge in [0, 0.05) is 36.6 Å². The summed E-state index contributed by atoms with van der Waals surface area (Å²) < 4.78 is 5.14. The van der Waals surface area contributed by atoms with Gasteiger partial charge in [-0.1, -0.05) is 115 Å². The summed E-state index contributed by atoms with van der Waals surface area (Å²) in [6.45, 7) is 0. The largest absolute Gasteiger partial charge is 0.309 e. The lowest BCUT2D eigenvalue weighted by atomic mass is 9.91. The summed E-state index contributed by atoms with van der Waals surface area (Å²) in [6.07, 6.45) is 0. The van der Waals surface area contributed by atoms with E-state index in [2.05, 4.69) is 156 Å². The Labute approximate surface area is 258 Å². The van der Waals surface area contributed by atoms with E-state index in [-0.39, 0.29) is 0 Å². The number of nitrogens with zero attached hydrogens (tertiary/aromatic N) is 1. The third-order valence-electron chi connectivity index (χ3n) is 9.36. The Balaban J connectivity index is 1.29. The minimum atomic E-state index is 1.19. The second-order valence-electron chi connectivity index (χ2n) is 11.7. The molecule has 0 saturated heterocycles. The lowest BCUT2D eigenvalue weighted by Crippen LogP contribution is -1.93. The highest BCUT2D eigenvalue weighted by atomic mass is 32.1. The molecule has 0 aliphatic rings. The summed E-state index contributed by atoms with van der Waals surface area (Å²) in [4.78, 5) is 0. The van der Waals surface area contributed by atoms with Crippen LogP contribution in [0.5, 0.6) is 0 Å². The first-order chi connectivity index (χ1) is 21.8. The van der Waals surface area contributed by atoms with Gasteiger partial charge in [0.15, 0.2) is 0 Å². The highest BCUT2D eigenvalue weighted by Crippen LogP contribution is 2.49. The minimum absolute atomic E-state index is 1.19. The number of para-hydroxylation sites is 2. The first-order valence-corrected chi connectivity index (χ1v) is 15.9. The van der Waals surface area contributed by atoms with Gasteiger partial charge in [0.25, 0.3) is 0 Å². The van der Waals surface area contributed by atoms with Crippen molar-refractivity contribution in [3.05, 3.63) is 152 Å². The maximum Gasteiger partial charge on any atom is 0.0547 e. The van der Waals surface area contributed by atoms with Crippen molar-refractivity contribution < 1.29 is 0 Å². The average molecular weight is 576 g/mol. The Morgan fingerprint density at radius 1 is 0.386 bits per heavy atom. The van der Waals surface area contributed by atoms with E-state index in [1.165, 1.54) is 91.5 Å². The number of rotatable bonds is 3. The van der Waals surface area contributed by atoms with Crippen molar-refractivity contribution in [3.63, 3.8) is 0 Å². The van der Waals surface area contributed by atoms with E-state index in [4.69, 9.17) is 0 Å². The van der Waals surface area contributed by atoms with Gasteiger partial charge in [-0.05, 0) is 80.2 Å². The van der Waals surface area contributed by atoms with Crippen LogP contribution in [0.1, 0.15) is 0 Å². The van der Waals surface area contributed by atoms with E-state index in [9.17, 15) is 0 Å². The van der Waals surface area contributed by atoms with E-state index in [0.29, 0.717) is 0 Å². The van der Waals surface area contributed by atoms with E-state index >= 15 is 0 Å². The molecule has 8 aromatic carbocycles. The van der Waals surface area contributed by atoms with Gasteiger partial charge in [0.2, 0.25) is 0 Å². The van der Waals surface area contributed by atoms with Crippen LogP contribution in [-0.4, -0.2) is 4.57 Å².